The van der Waals surface area contributed by atoms with Gasteiger partial charge in [-0.15, -0.1) is 0 Å². The molecule has 0 bridgehead atoms. The molecule has 1 unspecified atom stereocenters. The maximum absolute atomic E-state index is 6.03. The summed E-state index contributed by atoms with van der Waals surface area (Å²) in [5.74, 6) is 1.00. The van der Waals surface area contributed by atoms with E-state index in [0.29, 0.717) is 0 Å². The van der Waals surface area contributed by atoms with Gasteiger partial charge in [0.1, 0.15) is 11.4 Å². The molecule has 0 amide bonds. The molecule has 0 saturated heterocycles. The highest BCUT2D eigenvalue weighted by molar-refractivity contribution is 5.42. The van der Waals surface area contributed by atoms with E-state index in [-0.39, 0.29) is 11.6 Å². The van der Waals surface area contributed by atoms with Crippen LogP contribution in [0.3, 0.4) is 0 Å². The number of nitrogens with one attached hydrogen (secondary N) is 1. The summed E-state index contributed by atoms with van der Waals surface area (Å²) < 4.78 is 8.14. The summed E-state index contributed by atoms with van der Waals surface area (Å²) in [4.78, 5) is 4.05. The van der Waals surface area contributed by atoms with E-state index in [1.165, 1.54) is 5.56 Å². The number of hydrogen-bond donors (Lipinski definition) is 1. The Morgan fingerprint density at radius 1 is 1.35 bits per heavy atom. The topological polar surface area (TPSA) is 39.1 Å². The van der Waals surface area contributed by atoms with E-state index in [1.807, 2.05) is 30.9 Å². The highest BCUT2D eigenvalue weighted by Gasteiger charge is 2.40. The first-order valence-corrected chi connectivity index (χ1v) is 7.14. The van der Waals surface area contributed by atoms with Gasteiger partial charge in [0.15, 0.2) is 0 Å². The van der Waals surface area contributed by atoms with Crippen LogP contribution < -0.4 is 10.1 Å². The van der Waals surface area contributed by atoms with Crippen LogP contribution in [0.2, 0.25) is 0 Å². The number of aromatic nitrogens is 2. The van der Waals surface area contributed by atoms with Crippen molar-refractivity contribution in [2.45, 2.75) is 38.5 Å². The van der Waals surface area contributed by atoms with Gasteiger partial charge < -0.3 is 14.6 Å². The van der Waals surface area contributed by atoms with Gasteiger partial charge in [0, 0.05) is 24.5 Å². The lowest BCUT2D eigenvalue weighted by atomic mass is 9.94. The van der Waals surface area contributed by atoms with Gasteiger partial charge in [0.05, 0.1) is 12.4 Å². The fraction of sp³-hybridized carbons (Fsp3) is 0.438. The maximum Gasteiger partial charge on any atom is 0.125 e. The molecule has 1 aromatic heterocycles. The van der Waals surface area contributed by atoms with Gasteiger partial charge in [0.2, 0.25) is 0 Å². The van der Waals surface area contributed by atoms with Gasteiger partial charge in [-0.2, -0.15) is 0 Å². The monoisotopic (exact) mass is 271 g/mol. The molecule has 4 heteroatoms. The Morgan fingerprint density at radius 2 is 2.20 bits per heavy atom. The molecular weight excluding hydrogens is 250 g/mol. The van der Waals surface area contributed by atoms with Crippen LogP contribution in [0.15, 0.2) is 43.0 Å². The number of aryl methyl sites for hydroxylation is 1. The number of para-hydroxylation sites is 1. The van der Waals surface area contributed by atoms with Crippen LogP contribution in [-0.4, -0.2) is 21.7 Å². The van der Waals surface area contributed by atoms with E-state index in [4.69, 9.17) is 4.74 Å². The fourth-order valence-electron chi connectivity index (χ4n) is 2.81. The van der Waals surface area contributed by atoms with Crippen molar-refractivity contribution >= 4 is 0 Å². The first kappa shape index (κ1) is 13.2. The molecule has 1 aliphatic heterocycles. The Labute approximate surface area is 119 Å². The number of fused-ring (bicyclic) bond motifs is 1. The Bertz CT molecular complexity index is 563. The zero-order valence-corrected chi connectivity index (χ0v) is 12.0. The average molecular weight is 271 g/mol. The molecule has 0 spiro atoms. The number of ether oxygens (including phenoxy) is 1. The predicted octanol–water partition coefficient (Wildman–Crippen LogP) is 2.78. The van der Waals surface area contributed by atoms with E-state index >= 15 is 0 Å². The summed E-state index contributed by atoms with van der Waals surface area (Å²) in [6.07, 6.45) is 6.75. The Kier molecular flexibility index (Phi) is 3.49. The summed E-state index contributed by atoms with van der Waals surface area (Å²) in [6, 6.07) is 8.54. The van der Waals surface area contributed by atoms with Crippen LogP contribution in [0.1, 0.15) is 31.9 Å². The van der Waals surface area contributed by atoms with Crippen molar-refractivity contribution in [1.82, 2.24) is 14.9 Å². The summed E-state index contributed by atoms with van der Waals surface area (Å²) in [5, 5.41) is 3.63. The SMILES string of the molecule is CC1(C)Oc2ccccc2C1NCCCn1ccnc1. The van der Waals surface area contributed by atoms with Crippen LogP contribution in [0.4, 0.5) is 0 Å². The molecule has 1 aliphatic rings. The molecular formula is C16H21N3O. The van der Waals surface area contributed by atoms with Crippen LogP contribution in [0.25, 0.3) is 0 Å². The summed E-state index contributed by atoms with van der Waals surface area (Å²) in [6.45, 7) is 6.23. The second kappa shape index (κ2) is 5.29. The number of benzene rings is 1. The van der Waals surface area contributed by atoms with Crippen molar-refractivity contribution in [3.05, 3.63) is 48.5 Å². The van der Waals surface area contributed by atoms with Crippen LogP contribution >= 0.6 is 0 Å². The van der Waals surface area contributed by atoms with Crippen molar-refractivity contribution in [2.24, 2.45) is 0 Å². The van der Waals surface area contributed by atoms with Gasteiger partial charge >= 0.3 is 0 Å². The number of rotatable bonds is 5. The van der Waals surface area contributed by atoms with E-state index in [2.05, 4.69) is 40.8 Å². The van der Waals surface area contributed by atoms with Crippen molar-refractivity contribution in [3.63, 3.8) is 0 Å². The van der Waals surface area contributed by atoms with E-state index in [0.717, 1.165) is 25.3 Å². The highest BCUT2D eigenvalue weighted by Crippen LogP contribution is 2.42. The van der Waals surface area contributed by atoms with Crippen LogP contribution in [0.5, 0.6) is 5.75 Å². The summed E-state index contributed by atoms with van der Waals surface area (Å²) >= 11 is 0. The molecule has 0 saturated carbocycles. The standard InChI is InChI=1S/C16H21N3O/c1-16(2)15(13-6-3-4-7-14(13)20-16)18-8-5-10-19-11-9-17-12-19/h3-4,6-7,9,11-12,15,18H,5,8,10H2,1-2H3. The van der Waals surface area contributed by atoms with Crippen molar-refractivity contribution in [3.8, 4) is 5.75 Å². The largest absolute Gasteiger partial charge is 0.486 e. The molecule has 0 aliphatic carbocycles. The smallest absolute Gasteiger partial charge is 0.125 e. The van der Waals surface area contributed by atoms with Crippen LogP contribution in [0, 0.1) is 0 Å². The summed E-state index contributed by atoms with van der Waals surface area (Å²) in [5.41, 5.74) is 1.07. The molecule has 4 nitrogen and oxygen atoms in total. The lowest BCUT2D eigenvalue weighted by Gasteiger charge is -2.27. The number of hydrogen-bond acceptors (Lipinski definition) is 3. The lowest BCUT2D eigenvalue weighted by Crippen LogP contribution is -2.39. The van der Waals surface area contributed by atoms with Gasteiger partial charge in [-0.25, -0.2) is 4.98 Å². The van der Waals surface area contributed by atoms with Crippen molar-refractivity contribution in [1.29, 1.82) is 0 Å². The zero-order chi connectivity index (χ0) is 14.0. The molecule has 1 aromatic carbocycles. The molecule has 2 heterocycles. The minimum absolute atomic E-state index is 0.196. The minimum atomic E-state index is -0.196. The third-order valence-electron chi connectivity index (χ3n) is 3.80. The maximum atomic E-state index is 6.03. The minimum Gasteiger partial charge on any atom is -0.486 e. The van der Waals surface area contributed by atoms with Gasteiger partial charge in [-0.1, -0.05) is 18.2 Å². The summed E-state index contributed by atoms with van der Waals surface area (Å²) in [7, 11) is 0. The molecule has 3 rings (SSSR count). The Balaban J connectivity index is 1.59. The molecule has 0 radical (unpaired) electrons. The van der Waals surface area contributed by atoms with Gasteiger partial charge in [0.25, 0.3) is 0 Å². The van der Waals surface area contributed by atoms with E-state index < -0.39 is 0 Å². The lowest BCUT2D eigenvalue weighted by molar-refractivity contribution is 0.0963. The number of imidazole rings is 1. The average Bonchev–Trinajstić information content (AvgIpc) is 3.00. The van der Waals surface area contributed by atoms with Gasteiger partial charge in [-0.05, 0) is 32.9 Å². The third-order valence-corrected chi connectivity index (χ3v) is 3.80. The second-order valence-corrected chi connectivity index (χ2v) is 5.78. The first-order valence-electron chi connectivity index (χ1n) is 7.14. The fourth-order valence-corrected chi connectivity index (χ4v) is 2.81. The zero-order valence-electron chi connectivity index (χ0n) is 12.0. The molecule has 2 aromatic rings. The van der Waals surface area contributed by atoms with Gasteiger partial charge in [-0.3, -0.25) is 0 Å². The molecule has 106 valence electrons. The quantitative estimate of drug-likeness (QED) is 0.850. The predicted molar refractivity (Wildman–Crippen MR) is 78.7 cm³/mol. The van der Waals surface area contributed by atoms with E-state index in [1.54, 1.807) is 0 Å². The van der Waals surface area contributed by atoms with Crippen molar-refractivity contribution in [2.75, 3.05) is 6.54 Å². The number of nitrogens with zero attached hydrogens (tertiary/aromatic N) is 2. The third kappa shape index (κ3) is 2.56. The second-order valence-electron chi connectivity index (χ2n) is 5.78. The molecule has 0 fully saturated rings. The Morgan fingerprint density at radius 3 is 3.00 bits per heavy atom. The van der Waals surface area contributed by atoms with Crippen LogP contribution in [-0.2, 0) is 6.54 Å². The highest BCUT2D eigenvalue weighted by atomic mass is 16.5. The van der Waals surface area contributed by atoms with E-state index in [9.17, 15) is 0 Å². The normalized spacial score (nSPS) is 19.6. The Hall–Kier alpha value is -1.81. The first-order chi connectivity index (χ1) is 9.67. The molecule has 1 N–H and O–H groups in total. The molecule has 20 heavy (non-hydrogen) atoms. The van der Waals surface area contributed by atoms with Crippen molar-refractivity contribution < 1.29 is 4.74 Å². The molecule has 1 atom stereocenters.